The maximum Gasteiger partial charge on any atom is 0.333 e. The molecule has 26 heavy (non-hydrogen) atoms. The summed E-state index contributed by atoms with van der Waals surface area (Å²) in [5, 5.41) is 0. The molecule has 2 aliphatic rings. The molecule has 2 saturated heterocycles. The van der Waals surface area contributed by atoms with E-state index >= 15 is 0 Å². The van der Waals surface area contributed by atoms with Crippen LogP contribution in [0, 0.1) is 0 Å². The Morgan fingerprint density at radius 3 is 2.31 bits per heavy atom. The van der Waals surface area contributed by atoms with Crippen LogP contribution in [0.2, 0.25) is 0 Å². The third-order valence-corrected chi connectivity index (χ3v) is 5.21. The SMILES string of the molecule is C/C=C(/C)C(=O)O[C@@H]1CC2C[C@@H](OC(=O)/C=C(\C)C(=O)OC)CC1N2C. The molecule has 144 valence electrons. The third kappa shape index (κ3) is 4.52. The Hall–Kier alpha value is -2.15. The Labute approximate surface area is 154 Å². The highest BCUT2D eigenvalue weighted by Crippen LogP contribution is 2.37. The zero-order valence-corrected chi connectivity index (χ0v) is 16.0. The maximum atomic E-state index is 12.1. The van der Waals surface area contributed by atoms with Crippen molar-refractivity contribution in [3.8, 4) is 0 Å². The quantitative estimate of drug-likeness (QED) is 0.417. The van der Waals surface area contributed by atoms with Crippen LogP contribution in [0.1, 0.15) is 40.0 Å². The summed E-state index contributed by atoms with van der Waals surface area (Å²) < 4.78 is 15.7. The molecule has 0 aromatic heterocycles. The lowest BCUT2D eigenvalue weighted by Crippen LogP contribution is -2.46. The molecule has 0 radical (unpaired) electrons. The highest BCUT2D eigenvalue weighted by atomic mass is 16.6. The summed E-state index contributed by atoms with van der Waals surface area (Å²) in [4.78, 5) is 37.6. The van der Waals surface area contributed by atoms with Gasteiger partial charge in [-0.25, -0.2) is 14.4 Å². The number of rotatable bonds is 5. The molecule has 2 heterocycles. The number of ether oxygens (including phenoxy) is 3. The lowest BCUT2D eigenvalue weighted by Gasteiger charge is -2.36. The zero-order chi connectivity index (χ0) is 19.4. The van der Waals surface area contributed by atoms with Gasteiger partial charge in [-0.3, -0.25) is 4.90 Å². The number of hydrogen-bond donors (Lipinski definition) is 0. The van der Waals surface area contributed by atoms with Gasteiger partial charge in [0.15, 0.2) is 0 Å². The first-order valence-electron chi connectivity index (χ1n) is 8.79. The van der Waals surface area contributed by atoms with Gasteiger partial charge in [-0.05, 0) is 27.8 Å². The molecule has 0 N–H and O–H groups in total. The van der Waals surface area contributed by atoms with Crippen LogP contribution in [0.25, 0.3) is 0 Å². The number of nitrogens with zero attached hydrogens (tertiary/aromatic N) is 1. The highest BCUT2D eigenvalue weighted by Gasteiger charge is 2.47. The van der Waals surface area contributed by atoms with E-state index in [0.29, 0.717) is 18.4 Å². The molecule has 7 heteroatoms. The fraction of sp³-hybridized carbons (Fsp3) is 0.632. The predicted molar refractivity (Wildman–Crippen MR) is 94.2 cm³/mol. The van der Waals surface area contributed by atoms with E-state index < -0.39 is 11.9 Å². The van der Waals surface area contributed by atoms with Crippen molar-refractivity contribution in [2.75, 3.05) is 14.2 Å². The Kier molecular flexibility index (Phi) is 6.58. The van der Waals surface area contributed by atoms with E-state index in [4.69, 9.17) is 9.47 Å². The maximum absolute atomic E-state index is 12.1. The van der Waals surface area contributed by atoms with Gasteiger partial charge in [0, 0.05) is 42.5 Å². The lowest BCUT2D eigenvalue weighted by atomic mass is 10.00. The fourth-order valence-electron chi connectivity index (χ4n) is 3.54. The number of methoxy groups -OCH3 is 1. The van der Waals surface area contributed by atoms with E-state index in [1.807, 2.05) is 7.05 Å². The van der Waals surface area contributed by atoms with Crippen molar-refractivity contribution in [2.24, 2.45) is 0 Å². The van der Waals surface area contributed by atoms with Gasteiger partial charge in [-0.1, -0.05) is 6.08 Å². The molecule has 2 rings (SSSR count). The molecule has 4 atom stereocenters. The monoisotopic (exact) mass is 365 g/mol. The minimum atomic E-state index is -0.559. The first-order valence-corrected chi connectivity index (χ1v) is 8.79. The Balaban J connectivity index is 1.97. The van der Waals surface area contributed by atoms with E-state index in [-0.39, 0.29) is 35.8 Å². The number of fused-ring (bicyclic) bond motifs is 2. The summed E-state index contributed by atoms with van der Waals surface area (Å²) in [5.41, 5.74) is 0.780. The van der Waals surface area contributed by atoms with E-state index in [1.54, 1.807) is 19.9 Å². The van der Waals surface area contributed by atoms with Crippen molar-refractivity contribution in [3.05, 3.63) is 23.3 Å². The molecule has 0 aromatic rings. The molecule has 2 unspecified atom stereocenters. The van der Waals surface area contributed by atoms with Crippen molar-refractivity contribution in [1.82, 2.24) is 4.90 Å². The summed E-state index contributed by atoms with van der Waals surface area (Å²) in [5.74, 6) is -1.42. The Bertz CT molecular complexity index is 638. The second-order valence-electron chi connectivity index (χ2n) is 6.89. The van der Waals surface area contributed by atoms with E-state index in [0.717, 1.165) is 12.5 Å². The largest absolute Gasteiger partial charge is 0.466 e. The molecule has 7 nitrogen and oxygen atoms in total. The summed E-state index contributed by atoms with van der Waals surface area (Å²) in [6.45, 7) is 5.03. The number of hydrogen-bond acceptors (Lipinski definition) is 7. The minimum Gasteiger partial charge on any atom is -0.466 e. The van der Waals surface area contributed by atoms with E-state index in [1.165, 1.54) is 14.0 Å². The van der Waals surface area contributed by atoms with Crippen LogP contribution in [-0.4, -0.2) is 61.3 Å². The first kappa shape index (κ1) is 20.2. The summed E-state index contributed by atoms with van der Waals surface area (Å²) >= 11 is 0. The number of allylic oxidation sites excluding steroid dienone is 1. The third-order valence-electron chi connectivity index (χ3n) is 5.21. The standard InChI is InChI=1S/C19H27NO6/c1-6-11(2)19(23)26-16-9-13-8-14(10-15(16)20(13)4)25-17(21)7-12(3)18(22)24-5/h6-7,13-16H,8-10H2,1-5H3/b11-6-,12-7+/t13?,14-,15?,16-/m1/s1. The van der Waals surface area contributed by atoms with Gasteiger partial charge in [0.1, 0.15) is 12.2 Å². The molecule has 0 saturated carbocycles. The van der Waals surface area contributed by atoms with Crippen molar-refractivity contribution in [2.45, 2.75) is 64.3 Å². The topological polar surface area (TPSA) is 82.1 Å². The average Bonchev–Trinajstić information content (AvgIpc) is 2.78. The van der Waals surface area contributed by atoms with Gasteiger partial charge in [0.05, 0.1) is 13.2 Å². The summed E-state index contributed by atoms with van der Waals surface area (Å²) in [6, 6.07) is 0.215. The van der Waals surface area contributed by atoms with Crippen LogP contribution in [-0.2, 0) is 28.6 Å². The highest BCUT2D eigenvalue weighted by molar-refractivity contribution is 5.95. The average molecular weight is 365 g/mol. The second kappa shape index (κ2) is 8.49. The first-order chi connectivity index (χ1) is 12.3. The lowest BCUT2D eigenvalue weighted by molar-refractivity contribution is -0.150. The molecule has 0 aromatic carbocycles. The van der Waals surface area contributed by atoms with Crippen LogP contribution < -0.4 is 0 Å². The number of carbonyl (C=O) groups is 3. The predicted octanol–water partition coefficient (Wildman–Crippen LogP) is 1.76. The van der Waals surface area contributed by atoms with Gasteiger partial charge >= 0.3 is 17.9 Å². The molecule has 2 aliphatic heterocycles. The van der Waals surface area contributed by atoms with Crippen LogP contribution in [0.4, 0.5) is 0 Å². The molecule has 2 fully saturated rings. The van der Waals surface area contributed by atoms with Crippen molar-refractivity contribution in [3.63, 3.8) is 0 Å². The minimum absolute atomic E-state index is 0.0193. The fourth-order valence-corrected chi connectivity index (χ4v) is 3.54. The summed E-state index contributed by atoms with van der Waals surface area (Å²) in [6.07, 6.45) is 4.42. The van der Waals surface area contributed by atoms with Crippen LogP contribution in [0.3, 0.4) is 0 Å². The molecular formula is C19H27NO6. The van der Waals surface area contributed by atoms with Gasteiger partial charge in [0.25, 0.3) is 0 Å². The Morgan fingerprint density at radius 1 is 1.00 bits per heavy atom. The smallest absolute Gasteiger partial charge is 0.333 e. The van der Waals surface area contributed by atoms with Gasteiger partial charge in [-0.15, -0.1) is 0 Å². The Morgan fingerprint density at radius 2 is 1.69 bits per heavy atom. The molecular weight excluding hydrogens is 338 g/mol. The number of carbonyl (C=O) groups excluding carboxylic acids is 3. The zero-order valence-electron chi connectivity index (χ0n) is 16.0. The van der Waals surface area contributed by atoms with Crippen molar-refractivity contribution >= 4 is 17.9 Å². The molecule has 2 bridgehead atoms. The van der Waals surface area contributed by atoms with Crippen molar-refractivity contribution in [1.29, 1.82) is 0 Å². The number of esters is 3. The number of likely N-dealkylation sites (N-methyl/N-ethyl adjacent to an activating group) is 1. The normalized spacial score (nSPS) is 29.3. The van der Waals surface area contributed by atoms with Crippen LogP contribution >= 0.6 is 0 Å². The second-order valence-corrected chi connectivity index (χ2v) is 6.89. The van der Waals surface area contributed by atoms with Crippen LogP contribution in [0.5, 0.6) is 0 Å². The summed E-state index contributed by atoms with van der Waals surface area (Å²) in [7, 11) is 3.27. The van der Waals surface area contributed by atoms with E-state index in [2.05, 4.69) is 9.64 Å². The molecule has 0 spiro atoms. The van der Waals surface area contributed by atoms with E-state index in [9.17, 15) is 14.4 Å². The number of piperidine rings is 1. The van der Waals surface area contributed by atoms with Gasteiger partial charge in [0.2, 0.25) is 0 Å². The van der Waals surface area contributed by atoms with Gasteiger partial charge < -0.3 is 14.2 Å². The van der Waals surface area contributed by atoms with Crippen LogP contribution in [0.15, 0.2) is 23.3 Å². The molecule has 0 amide bonds. The van der Waals surface area contributed by atoms with Gasteiger partial charge in [-0.2, -0.15) is 0 Å². The molecule has 0 aliphatic carbocycles. The van der Waals surface area contributed by atoms with Crippen molar-refractivity contribution < 1.29 is 28.6 Å².